The average molecular weight is 247 g/mol. The minimum Gasteiger partial charge on any atom is -0.318 e. The van der Waals surface area contributed by atoms with Crippen molar-refractivity contribution in [1.82, 2.24) is 19.7 Å². The second-order valence-corrected chi connectivity index (χ2v) is 3.69. The molecule has 4 N–H and O–H groups in total. The normalized spacial score (nSPS) is 10.2. The lowest BCUT2D eigenvalue weighted by Crippen LogP contribution is -2.15. The van der Waals surface area contributed by atoms with E-state index in [1.807, 2.05) is 6.92 Å². The van der Waals surface area contributed by atoms with Crippen molar-refractivity contribution in [2.24, 2.45) is 12.9 Å². The average Bonchev–Trinajstić information content (AvgIpc) is 2.68. The summed E-state index contributed by atoms with van der Waals surface area (Å²) in [5, 5.41) is 6.83. The number of aryl methyl sites for hydroxylation is 2. The number of carbonyl (C=O) groups excluding carboxylic acids is 1. The summed E-state index contributed by atoms with van der Waals surface area (Å²) in [6.45, 7) is 1.81. The van der Waals surface area contributed by atoms with E-state index < -0.39 is 0 Å². The number of nitrogen functional groups attached to an aromatic ring is 1. The van der Waals surface area contributed by atoms with Gasteiger partial charge >= 0.3 is 0 Å². The molecule has 0 saturated heterocycles. The monoisotopic (exact) mass is 247 g/mol. The van der Waals surface area contributed by atoms with Gasteiger partial charge in [0.05, 0.1) is 23.8 Å². The summed E-state index contributed by atoms with van der Waals surface area (Å²) in [6, 6.07) is 0. The van der Waals surface area contributed by atoms with E-state index in [4.69, 9.17) is 5.84 Å². The van der Waals surface area contributed by atoms with Crippen LogP contribution in [-0.4, -0.2) is 25.7 Å². The molecule has 0 atom stereocenters. The van der Waals surface area contributed by atoms with Crippen LogP contribution in [0.4, 0.5) is 11.5 Å². The third kappa shape index (κ3) is 2.43. The second kappa shape index (κ2) is 4.80. The summed E-state index contributed by atoms with van der Waals surface area (Å²) in [6.07, 6.45) is 4.44. The van der Waals surface area contributed by atoms with Gasteiger partial charge in [-0.2, -0.15) is 5.10 Å². The predicted molar refractivity (Wildman–Crippen MR) is 65.7 cm³/mol. The first kappa shape index (κ1) is 12.0. The number of aromatic nitrogens is 4. The number of nitrogens with one attached hydrogen (secondary N) is 2. The fraction of sp³-hybridized carbons (Fsp3) is 0.200. The molecule has 94 valence electrons. The molecule has 0 aliphatic heterocycles. The highest BCUT2D eigenvalue weighted by atomic mass is 16.1. The first-order valence-electron chi connectivity index (χ1n) is 5.20. The van der Waals surface area contributed by atoms with Gasteiger partial charge < -0.3 is 10.7 Å². The van der Waals surface area contributed by atoms with Crippen LogP contribution in [0.2, 0.25) is 0 Å². The molecule has 0 saturated carbocycles. The Hall–Kier alpha value is -2.48. The van der Waals surface area contributed by atoms with Crippen LogP contribution in [0.1, 0.15) is 16.2 Å². The van der Waals surface area contributed by atoms with Crippen molar-refractivity contribution in [2.75, 3.05) is 10.7 Å². The fourth-order valence-corrected chi connectivity index (χ4v) is 1.43. The fourth-order valence-electron chi connectivity index (χ4n) is 1.43. The number of hydrogen-bond donors (Lipinski definition) is 3. The molecule has 0 radical (unpaired) electrons. The SMILES string of the molecule is Cc1nn(C)cc1NC(=O)c1cnc(NN)cn1. The van der Waals surface area contributed by atoms with Gasteiger partial charge in [0.15, 0.2) is 5.82 Å². The maximum Gasteiger partial charge on any atom is 0.275 e. The summed E-state index contributed by atoms with van der Waals surface area (Å²) >= 11 is 0. The van der Waals surface area contributed by atoms with Crippen LogP contribution in [0.5, 0.6) is 0 Å². The molecule has 2 rings (SSSR count). The standard InChI is InChI=1S/C10H13N7O/c1-6-8(5-17(2)16-6)14-10(18)7-3-13-9(15-11)4-12-7/h3-5H,11H2,1-2H3,(H,13,15)(H,14,18). The van der Waals surface area contributed by atoms with Gasteiger partial charge in [-0.3, -0.25) is 9.48 Å². The highest BCUT2D eigenvalue weighted by Crippen LogP contribution is 2.12. The van der Waals surface area contributed by atoms with Gasteiger partial charge in [-0.15, -0.1) is 0 Å². The number of anilines is 2. The number of rotatable bonds is 3. The Morgan fingerprint density at radius 3 is 2.67 bits per heavy atom. The molecule has 18 heavy (non-hydrogen) atoms. The molecule has 0 bridgehead atoms. The van der Waals surface area contributed by atoms with Crippen LogP contribution in [0.25, 0.3) is 0 Å². The van der Waals surface area contributed by atoms with Crippen molar-refractivity contribution in [3.8, 4) is 0 Å². The zero-order valence-electron chi connectivity index (χ0n) is 10.0. The van der Waals surface area contributed by atoms with E-state index >= 15 is 0 Å². The molecule has 8 nitrogen and oxygen atoms in total. The quantitative estimate of drug-likeness (QED) is 0.522. The Labute approximate surface area is 103 Å². The van der Waals surface area contributed by atoms with Crippen molar-refractivity contribution in [3.05, 3.63) is 30.0 Å². The van der Waals surface area contributed by atoms with E-state index in [1.165, 1.54) is 12.4 Å². The van der Waals surface area contributed by atoms with Crippen molar-refractivity contribution in [1.29, 1.82) is 0 Å². The van der Waals surface area contributed by atoms with Crippen molar-refractivity contribution in [2.45, 2.75) is 6.92 Å². The zero-order chi connectivity index (χ0) is 13.1. The maximum atomic E-state index is 11.9. The van der Waals surface area contributed by atoms with Gasteiger partial charge in [0.25, 0.3) is 5.91 Å². The molecular formula is C10H13N7O. The molecule has 2 aromatic rings. The molecule has 0 unspecified atom stereocenters. The molecule has 1 amide bonds. The molecule has 0 aliphatic carbocycles. The number of nitrogens with two attached hydrogens (primary N) is 1. The molecule has 2 aromatic heterocycles. The van der Waals surface area contributed by atoms with E-state index in [0.717, 1.165) is 5.69 Å². The second-order valence-electron chi connectivity index (χ2n) is 3.69. The van der Waals surface area contributed by atoms with Crippen molar-refractivity contribution >= 4 is 17.4 Å². The summed E-state index contributed by atoms with van der Waals surface area (Å²) in [7, 11) is 1.78. The molecule has 2 heterocycles. The number of hydrogen-bond acceptors (Lipinski definition) is 6. The molecule has 0 fully saturated rings. The van der Waals surface area contributed by atoms with Crippen LogP contribution in [0.15, 0.2) is 18.6 Å². The van der Waals surface area contributed by atoms with Gasteiger partial charge in [-0.05, 0) is 6.92 Å². The van der Waals surface area contributed by atoms with Crippen LogP contribution >= 0.6 is 0 Å². The third-order valence-corrected chi connectivity index (χ3v) is 2.29. The Kier molecular flexibility index (Phi) is 3.20. The van der Waals surface area contributed by atoms with E-state index in [0.29, 0.717) is 11.5 Å². The molecule has 0 aromatic carbocycles. The minimum absolute atomic E-state index is 0.206. The van der Waals surface area contributed by atoms with Gasteiger partial charge in [-0.1, -0.05) is 0 Å². The topological polar surface area (TPSA) is 111 Å². The van der Waals surface area contributed by atoms with Crippen molar-refractivity contribution in [3.63, 3.8) is 0 Å². The van der Waals surface area contributed by atoms with Gasteiger partial charge in [0.2, 0.25) is 0 Å². The van der Waals surface area contributed by atoms with Gasteiger partial charge in [0.1, 0.15) is 5.69 Å². The Bertz CT molecular complexity index is 560. The number of carbonyl (C=O) groups is 1. The Morgan fingerprint density at radius 2 is 2.17 bits per heavy atom. The molecule has 8 heteroatoms. The highest BCUT2D eigenvalue weighted by Gasteiger charge is 2.11. The first-order chi connectivity index (χ1) is 8.60. The maximum absolute atomic E-state index is 11.9. The van der Waals surface area contributed by atoms with E-state index in [9.17, 15) is 4.79 Å². The lowest BCUT2D eigenvalue weighted by molar-refractivity contribution is 0.102. The van der Waals surface area contributed by atoms with E-state index in [1.54, 1.807) is 17.9 Å². The lowest BCUT2D eigenvalue weighted by atomic mass is 10.3. The van der Waals surface area contributed by atoms with E-state index in [-0.39, 0.29) is 11.6 Å². The molecule has 0 spiro atoms. The number of hydrazine groups is 1. The molecule has 0 aliphatic rings. The minimum atomic E-state index is -0.345. The summed E-state index contributed by atoms with van der Waals surface area (Å²) < 4.78 is 1.62. The van der Waals surface area contributed by atoms with Crippen LogP contribution in [-0.2, 0) is 7.05 Å². The largest absolute Gasteiger partial charge is 0.318 e. The van der Waals surface area contributed by atoms with E-state index in [2.05, 4.69) is 25.8 Å². The highest BCUT2D eigenvalue weighted by molar-refractivity contribution is 6.02. The van der Waals surface area contributed by atoms with Crippen LogP contribution in [0, 0.1) is 6.92 Å². The number of amides is 1. The summed E-state index contributed by atoms with van der Waals surface area (Å²) in [4.78, 5) is 19.7. The predicted octanol–water partition coefficient (Wildman–Crippen LogP) is 0.0564. The van der Waals surface area contributed by atoms with Gasteiger partial charge in [-0.25, -0.2) is 15.8 Å². The van der Waals surface area contributed by atoms with Crippen molar-refractivity contribution < 1.29 is 4.79 Å². The Balaban J connectivity index is 2.14. The molecular weight excluding hydrogens is 234 g/mol. The third-order valence-electron chi connectivity index (χ3n) is 2.29. The lowest BCUT2D eigenvalue weighted by Gasteiger charge is -2.03. The first-order valence-corrected chi connectivity index (χ1v) is 5.20. The Morgan fingerprint density at radius 1 is 1.39 bits per heavy atom. The zero-order valence-corrected chi connectivity index (χ0v) is 10.0. The van der Waals surface area contributed by atoms with Crippen LogP contribution in [0.3, 0.4) is 0 Å². The number of nitrogens with zero attached hydrogens (tertiary/aromatic N) is 4. The summed E-state index contributed by atoms with van der Waals surface area (Å²) in [5.41, 5.74) is 3.92. The van der Waals surface area contributed by atoms with Crippen LogP contribution < -0.4 is 16.6 Å². The summed E-state index contributed by atoms with van der Waals surface area (Å²) in [5.74, 6) is 5.21. The smallest absolute Gasteiger partial charge is 0.275 e. The van der Waals surface area contributed by atoms with Gasteiger partial charge in [0, 0.05) is 13.2 Å².